The van der Waals surface area contributed by atoms with E-state index in [9.17, 15) is 8.42 Å². The molecule has 1 aliphatic heterocycles. The summed E-state index contributed by atoms with van der Waals surface area (Å²) < 4.78 is 27.8. The van der Waals surface area contributed by atoms with E-state index in [1.54, 1.807) is 10.6 Å². The van der Waals surface area contributed by atoms with Crippen LogP contribution in [-0.2, 0) is 9.84 Å². The Morgan fingerprint density at radius 3 is 2.74 bits per heavy atom. The molecule has 5 rings (SSSR count). The summed E-state index contributed by atoms with van der Waals surface area (Å²) in [5, 5.41) is 13.4. The molecule has 1 aromatic carbocycles. The Balaban J connectivity index is 1.65. The number of imidazole rings is 1. The van der Waals surface area contributed by atoms with Crippen LogP contribution in [-0.4, -0.2) is 33.2 Å². The zero-order valence-electron chi connectivity index (χ0n) is 14.2. The number of hydrogen-bond donors (Lipinski definition) is 1. The van der Waals surface area contributed by atoms with Crippen LogP contribution in [0.5, 0.6) is 0 Å². The van der Waals surface area contributed by atoms with E-state index in [0.29, 0.717) is 21.5 Å². The van der Waals surface area contributed by atoms with Crippen molar-refractivity contribution in [2.75, 3.05) is 5.32 Å². The molecule has 11 heteroatoms. The van der Waals surface area contributed by atoms with Gasteiger partial charge in [-0.3, -0.25) is 0 Å². The minimum Gasteiger partial charge on any atom is -0.306 e. The molecule has 0 atom stereocenters. The van der Waals surface area contributed by atoms with E-state index in [1.807, 2.05) is 26.0 Å². The third-order valence-corrected chi connectivity index (χ3v) is 7.74. The predicted molar refractivity (Wildman–Crippen MR) is 103 cm³/mol. The number of thiazole rings is 1. The molecular formula is C16H12N6O2S3. The first-order valence-electron chi connectivity index (χ1n) is 7.91. The zero-order chi connectivity index (χ0) is 18.8. The van der Waals surface area contributed by atoms with Gasteiger partial charge >= 0.3 is 0 Å². The van der Waals surface area contributed by atoms with Gasteiger partial charge in [-0.15, -0.1) is 10.2 Å². The summed E-state index contributed by atoms with van der Waals surface area (Å²) in [5.41, 5.74) is 1.97. The summed E-state index contributed by atoms with van der Waals surface area (Å²) in [6.07, 6.45) is 3.05. The molecule has 0 fully saturated rings. The Morgan fingerprint density at radius 1 is 1.11 bits per heavy atom. The van der Waals surface area contributed by atoms with E-state index in [1.165, 1.54) is 35.2 Å². The van der Waals surface area contributed by atoms with Gasteiger partial charge in [-0.25, -0.2) is 18.4 Å². The average molecular weight is 417 g/mol. The molecule has 136 valence electrons. The van der Waals surface area contributed by atoms with E-state index < -0.39 is 9.84 Å². The molecule has 2 bridgehead atoms. The number of nitrogens with zero attached hydrogens (tertiary/aromatic N) is 5. The molecule has 8 nitrogen and oxygen atoms in total. The smallest absolute Gasteiger partial charge is 0.228 e. The Kier molecular flexibility index (Phi) is 3.48. The summed E-state index contributed by atoms with van der Waals surface area (Å²) in [6.45, 7) is 3.74. The monoisotopic (exact) mass is 416 g/mol. The Hall–Kier alpha value is -2.63. The van der Waals surface area contributed by atoms with Crippen molar-refractivity contribution in [3.8, 4) is 16.1 Å². The van der Waals surface area contributed by atoms with Crippen LogP contribution in [0.15, 0.2) is 40.6 Å². The fourth-order valence-electron chi connectivity index (χ4n) is 3.01. The number of hydrogen-bond acceptors (Lipinski definition) is 9. The second kappa shape index (κ2) is 5.68. The van der Waals surface area contributed by atoms with Crippen molar-refractivity contribution in [1.82, 2.24) is 24.7 Å². The third-order valence-electron chi connectivity index (χ3n) is 4.16. The maximum absolute atomic E-state index is 13.0. The number of sulfone groups is 1. The lowest BCUT2D eigenvalue weighted by atomic mass is 10.1. The van der Waals surface area contributed by atoms with Crippen molar-refractivity contribution >= 4 is 42.8 Å². The number of aromatic nitrogens is 5. The highest BCUT2D eigenvalue weighted by atomic mass is 32.2. The SMILES string of the molecule is Cc1nnc(Nc2nc(C)c(-c3cccc4c3S(=O)(=O)c3cn-4cn3)s2)s1. The van der Waals surface area contributed by atoms with Crippen LogP contribution < -0.4 is 5.32 Å². The molecule has 0 spiro atoms. The van der Waals surface area contributed by atoms with Crippen molar-refractivity contribution in [3.63, 3.8) is 0 Å². The first-order valence-corrected chi connectivity index (χ1v) is 11.0. The molecular weight excluding hydrogens is 404 g/mol. The highest BCUT2D eigenvalue weighted by Crippen LogP contribution is 2.43. The Morgan fingerprint density at radius 2 is 1.96 bits per heavy atom. The van der Waals surface area contributed by atoms with Crippen LogP contribution in [0.1, 0.15) is 10.7 Å². The molecule has 1 aliphatic rings. The summed E-state index contributed by atoms with van der Waals surface area (Å²) in [5.74, 6) is 0. The van der Waals surface area contributed by atoms with Crippen molar-refractivity contribution in [2.45, 2.75) is 23.8 Å². The largest absolute Gasteiger partial charge is 0.306 e. The number of fused-ring (bicyclic) bond motifs is 4. The van der Waals surface area contributed by atoms with Crippen LogP contribution in [0.4, 0.5) is 10.3 Å². The molecule has 0 saturated carbocycles. The number of rotatable bonds is 3. The van der Waals surface area contributed by atoms with E-state index in [2.05, 4.69) is 25.5 Å². The van der Waals surface area contributed by atoms with Crippen molar-refractivity contribution in [2.24, 2.45) is 0 Å². The Labute approximate surface area is 162 Å². The second-order valence-electron chi connectivity index (χ2n) is 5.96. The van der Waals surface area contributed by atoms with E-state index >= 15 is 0 Å². The summed E-state index contributed by atoms with van der Waals surface area (Å²) in [6, 6.07) is 5.43. The number of nitrogens with one attached hydrogen (secondary N) is 1. The minimum absolute atomic E-state index is 0.0623. The van der Waals surface area contributed by atoms with Gasteiger partial charge in [0.15, 0.2) is 10.2 Å². The van der Waals surface area contributed by atoms with Gasteiger partial charge in [-0.2, -0.15) is 0 Å². The molecule has 0 aliphatic carbocycles. The maximum Gasteiger partial charge on any atom is 0.228 e. The van der Waals surface area contributed by atoms with Crippen molar-refractivity contribution in [1.29, 1.82) is 0 Å². The summed E-state index contributed by atoms with van der Waals surface area (Å²) in [7, 11) is -3.67. The Bertz CT molecular complexity index is 1300. The lowest BCUT2D eigenvalue weighted by molar-refractivity contribution is 0.591. The second-order valence-corrected chi connectivity index (χ2v) is 9.98. The zero-order valence-corrected chi connectivity index (χ0v) is 16.6. The average Bonchev–Trinajstić information content (AvgIpc) is 3.33. The van der Waals surface area contributed by atoms with E-state index in [0.717, 1.165) is 15.6 Å². The van der Waals surface area contributed by atoms with Gasteiger partial charge < -0.3 is 9.88 Å². The topological polar surface area (TPSA) is 103 Å². The lowest BCUT2D eigenvalue weighted by Crippen LogP contribution is -2.11. The van der Waals surface area contributed by atoms with Gasteiger partial charge in [0.25, 0.3) is 0 Å². The third kappa shape index (κ3) is 2.50. The van der Waals surface area contributed by atoms with Crippen LogP contribution in [0, 0.1) is 13.8 Å². The highest BCUT2D eigenvalue weighted by molar-refractivity contribution is 7.91. The molecule has 4 aromatic rings. The number of anilines is 2. The van der Waals surface area contributed by atoms with Gasteiger partial charge in [0.05, 0.1) is 16.3 Å². The van der Waals surface area contributed by atoms with Crippen molar-refractivity contribution in [3.05, 3.63) is 41.4 Å². The fraction of sp³-hybridized carbons (Fsp3) is 0.125. The van der Waals surface area contributed by atoms with Crippen LogP contribution in [0.3, 0.4) is 0 Å². The van der Waals surface area contributed by atoms with Gasteiger partial charge in [0.1, 0.15) is 16.2 Å². The van der Waals surface area contributed by atoms with Gasteiger partial charge in [-0.05, 0) is 19.9 Å². The van der Waals surface area contributed by atoms with E-state index in [4.69, 9.17) is 0 Å². The summed E-state index contributed by atoms with van der Waals surface area (Å²) in [4.78, 5) is 9.62. The van der Waals surface area contributed by atoms with Gasteiger partial charge in [0.2, 0.25) is 15.0 Å². The maximum atomic E-state index is 13.0. The molecule has 3 aromatic heterocycles. The summed E-state index contributed by atoms with van der Waals surface area (Å²) >= 11 is 2.82. The van der Waals surface area contributed by atoms with Crippen LogP contribution in [0.2, 0.25) is 0 Å². The van der Waals surface area contributed by atoms with Crippen LogP contribution >= 0.6 is 22.7 Å². The lowest BCUT2D eigenvalue weighted by Gasteiger charge is -2.16. The minimum atomic E-state index is -3.67. The fourth-order valence-corrected chi connectivity index (χ4v) is 6.28. The number of benzene rings is 1. The quantitative estimate of drug-likeness (QED) is 0.481. The number of aryl methyl sites for hydroxylation is 2. The molecule has 4 heterocycles. The van der Waals surface area contributed by atoms with Gasteiger partial charge in [0, 0.05) is 11.8 Å². The molecule has 1 N–H and O–H groups in total. The normalized spacial score (nSPS) is 14.1. The molecule has 0 unspecified atom stereocenters. The standard InChI is InChI=1S/C16H12N6O2S3/c1-8-13(26-15(18-8)19-16-21-20-9(2)25-16)10-4-3-5-11-14(10)27(23,24)12-6-22(11)7-17-12/h3-7H,1-2H3,(H,18,19,21). The highest BCUT2D eigenvalue weighted by Gasteiger charge is 2.33. The first kappa shape index (κ1) is 16.5. The first-order chi connectivity index (χ1) is 12.9. The van der Waals surface area contributed by atoms with Crippen LogP contribution in [0.25, 0.3) is 16.1 Å². The van der Waals surface area contributed by atoms with E-state index in [-0.39, 0.29) is 9.92 Å². The molecule has 0 saturated heterocycles. The van der Waals surface area contributed by atoms with Gasteiger partial charge in [-0.1, -0.05) is 34.8 Å². The van der Waals surface area contributed by atoms with Crippen molar-refractivity contribution < 1.29 is 8.42 Å². The molecule has 27 heavy (non-hydrogen) atoms. The molecule has 0 radical (unpaired) electrons. The predicted octanol–water partition coefficient (Wildman–Crippen LogP) is 3.35. The molecule has 0 amide bonds.